The van der Waals surface area contributed by atoms with Gasteiger partial charge in [-0.2, -0.15) is 0 Å². The molecule has 0 atom stereocenters. The van der Waals surface area contributed by atoms with E-state index in [1.165, 1.54) is 0 Å². The predicted octanol–water partition coefficient (Wildman–Crippen LogP) is 3.47. The molecule has 9 heteroatoms. The van der Waals surface area contributed by atoms with Crippen LogP contribution in [0.15, 0.2) is 57.5 Å². The van der Waals surface area contributed by atoms with Gasteiger partial charge in [0.15, 0.2) is 0 Å². The summed E-state index contributed by atoms with van der Waals surface area (Å²) < 4.78 is 11.2. The van der Waals surface area contributed by atoms with Crippen LogP contribution in [-0.4, -0.2) is 44.7 Å². The predicted molar refractivity (Wildman–Crippen MR) is 114 cm³/mol. The van der Waals surface area contributed by atoms with Gasteiger partial charge in [0.1, 0.15) is 22.8 Å². The van der Waals surface area contributed by atoms with Crippen molar-refractivity contribution >= 4 is 11.7 Å². The van der Waals surface area contributed by atoms with E-state index < -0.39 is 0 Å². The van der Waals surface area contributed by atoms with E-state index in [2.05, 4.69) is 25.7 Å². The lowest BCUT2D eigenvalue weighted by Gasteiger charge is -2.13. The minimum absolute atomic E-state index is 0.148. The second-order valence-electron chi connectivity index (χ2n) is 7.21. The van der Waals surface area contributed by atoms with Crippen molar-refractivity contribution < 1.29 is 13.7 Å². The Morgan fingerprint density at radius 1 is 1.06 bits per heavy atom. The Bertz CT molecular complexity index is 1180. The smallest absolute Gasteiger partial charge is 0.253 e. The number of anilines is 1. The highest BCUT2D eigenvalue weighted by molar-refractivity contribution is 5.91. The molecule has 9 nitrogen and oxygen atoms in total. The van der Waals surface area contributed by atoms with Crippen LogP contribution in [0.3, 0.4) is 0 Å². The van der Waals surface area contributed by atoms with Gasteiger partial charge in [-0.1, -0.05) is 41.6 Å². The van der Waals surface area contributed by atoms with E-state index in [-0.39, 0.29) is 12.5 Å². The van der Waals surface area contributed by atoms with Gasteiger partial charge in [0.2, 0.25) is 11.8 Å². The minimum Gasteiger partial charge on any atom is -0.419 e. The number of rotatable bonds is 7. The third kappa shape index (κ3) is 4.84. The number of nitrogens with zero attached hydrogens (tertiary/aromatic N) is 5. The molecule has 4 aromatic rings. The van der Waals surface area contributed by atoms with Gasteiger partial charge in [-0.3, -0.25) is 9.69 Å². The molecule has 0 bridgehead atoms. The Labute approximate surface area is 179 Å². The summed E-state index contributed by atoms with van der Waals surface area (Å²) in [5.74, 6) is 1.65. The summed E-state index contributed by atoms with van der Waals surface area (Å²) in [5.41, 5.74) is 3.04. The summed E-state index contributed by atoms with van der Waals surface area (Å²) in [5, 5.41) is 15.2. The van der Waals surface area contributed by atoms with E-state index in [1.54, 1.807) is 24.9 Å². The molecule has 1 amide bonds. The lowest BCUT2D eigenvalue weighted by molar-refractivity contribution is -0.117. The highest BCUT2D eigenvalue weighted by Gasteiger charge is 2.22. The summed E-state index contributed by atoms with van der Waals surface area (Å²) in [6, 6.07) is 15.1. The number of pyridine rings is 1. The average molecular weight is 418 g/mol. The number of hydrogen-bond donors (Lipinski definition) is 1. The van der Waals surface area contributed by atoms with Crippen LogP contribution in [0.2, 0.25) is 0 Å². The molecule has 1 aromatic carbocycles. The van der Waals surface area contributed by atoms with E-state index in [9.17, 15) is 4.79 Å². The Kier molecular flexibility index (Phi) is 5.85. The molecule has 0 fully saturated rings. The molecule has 0 aliphatic rings. The average Bonchev–Trinajstić information content (AvgIpc) is 3.34. The molecule has 3 heterocycles. The first kappa shape index (κ1) is 20.4. The number of benzene rings is 1. The highest BCUT2D eigenvalue weighted by atomic mass is 16.5. The van der Waals surface area contributed by atoms with Crippen molar-refractivity contribution in [3.05, 3.63) is 65.9 Å². The lowest BCUT2D eigenvalue weighted by atomic mass is 10.1. The summed E-state index contributed by atoms with van der Waals surface area (Å²) in [4.78, 5) is 18.3. The maximum absolute atomic E-state index is 12.3. The van der Waals surface area contributed by atoms with Crippen LogP contribution >= 0.6 is 0 Å². The summed E-state index contributed by atoms with van der Waals surface area (Å²) in [6.45, 7) is 4.13. The maximum atomic E-state index is 12.3. The number of carbonyl (C=O) groups excluding carboxylic acids is 1. The van der Waals surface area contributed by atoms with Crippen LogP contribution in [-0.2, 0) is 11.3 Å². The largest absolute Gasteiger partial charge is 0.419 e. The van der Waals surface area contributed by atoms with Crippen LogP contribution < -0.4 is 5.32 Å². The van der Waals surface area contributed by atoms with Crippen LogP contribution in [0.5, 0.6) is 0 Å². The highest BCUT2D eigenvalue weighted by Crippen LogP contribution is 2.33. The van der Waals surface area contributed by atoms with E-state index >= 15 is 0 Å². The number of hydrogen-bond acceptors (Lipinski definition) is 8. The van der Waals surface area contributed by atoms with Crippen molar-refractivity contribution in [2.75, 3.05) is 18.9 Å². The lowest BCUT2D eigenvalue weighted by Crippen LogP contribution is -2.30. The Morgan fingerprint density at radius 2 is 1.87 bits per heavy atom. The van der Waals surface area contributed by atoms with Crippen molar-refractivity contribution in [1.82, 2.24) is 25.2 Å². The van der Waals surface area contributed by atoms with Crippen LogP contribution in [0.25, 0.3) is 22.7 Å². The molecule has 1 N–H and O–H groups in total. The van der Waals surface area contributed by atoms with E-state index in [0.717, 1.165) is 11.3 Å². The Hall–Kier alpha value is -3.85. The van der Waals surface area contributed by atoms with Crippen molar-refractivity contribution in [3.8, 4) is 22.7 Å². The Balaban J connectivity index is 1.43. The molecular weight excluding hydrogens is 396 g/mol. The fourth-order valence-corrected chi connectivity index (χ4v) is 3.16. The first-order chi connectivity index (χ1) is 15.0. The monoisotopic (exact) mass is 418 g/mol. The molecule has 0 aliphatic carbocycles. The number of likely N-dealkylation sites (N-methyl/N-ethyl adjacent to an activating group) is 1. The second-order valence-corrected chi connectivity index (χ2v) is 7.21. The molecule has 0 spiro atoms. The molecule has 4 rings (SSSR count). The molecule has 31 heavy (non-hydrogen) atoms. The molecule has 0 radical (unpaired) electrons. The van der Waals surface area contributed by atoms with Gasteiger partial charge in [-0.15, -0.1) is 10.2 Å². The van der Waals surface area contributed by atoms with Crippen LogP contribution in [0.4, 0.5) is 5.82 Å². The normalized spacial score (nSPS) is 11.1. The summed E-state index contributed by atoms with van der Waals surface area (Å²) in [6.07, 6.45) is 0. The quantitative estimate of drug-likeness (QED) is 0.486. The number of aromatic nitrogens is 4. The second kappa shape index (κ2) is 8.88. The van der Waals surface area contributed by atoms with Crippen molar-refractivity contribution in [1.29, 1.82) is 0 Å². The number of aryl methyl sites for hydroxylation is 2. The zero-order chi connectivity index (χ0) is 21.8. The van der Waals surface area contributed by atoms with Gasteiger partial charge >= 0.3 is 0 Å². The Morgan fingerprint density at radius 3 is 2.65 bits per heavy atom. The maximum Gasteiger partial charge on any atom is 0.253 e. The molecule has 0 saturated heterocycles. The number of nitrogens with one attached hydrogen (secondary N) is 1. The van der Waals surface area contributed by atoms with Crippen molar-refractivity contribution in [3.63, 3.8) is 0 Å². The molecule has 0 unspecified atom stereocenters. The van der Waals surface area contributed by atoms with E-state index in [1.807, 2.05) is 49.4 Å². The fourth-order valence-electron chi connectivity index (χ4n) is 3.16. The van der Waals surface area contributed by atoms with Crippen LogP contribution in [0.1, 0.15) is 17.3 Å². The first-order valence-corrected chi connectivity index (χ1v) is 9.76. The molecule has 0 saturated carbocycles. The SMILES string of the molecule is Cc1cccc(NC(=O)CN(C)Cc2nnc(-c3c(-c4ccccc4)noc3C)o2)n1. The van der Waals surface area contributed by atoms with Gasteiger partial charge < -0.3 is 14.3 Å². The number of carbonyl (C=O) groups is 1. The van der Waals surface area contributed by atoms with Gasteiger partial charge in [0, 0.05) is 11.3 Å². The van der Waals surface area contributed by atoms with Crippen LogP contribution in [0, 0.1) is 13.8 Å². The molecular formula is C22H22N6O3. The summed E-state index contributed by atoms with van der Waals surface area (Å²) in [7, 11) is 1.80. The van der Waals surface area contributed by atoms with Gasteiger partial charge in [0.05, 0.1) is 13.1 Å². The topological polar surface area (TPSA) is 110 Å². The molecule has 158 valence electrons. The molecule has 0 aliphatic heterocycles. The molecule has 3 aromatic heterocycles. The van der Waals surface area contributed by atoms with Gasteiger partial charge in [-0.05, 0) is 33.0 Å². The van der Waals surface area contributed by atoms with E-state index in [0.29, 0.717) is 41.2 Å². The van der Waals surface area contributed by atoms with Crippen molar-refractivity contribution in [2.24, 2.45) is 0 Å². The third-order valence-electron chi connectivity index (χ3n) is 4.57. The fraction of sp³-hybridized carbons (Fsp3) is 0.227. The van der Waals surface area contributed by atoms with Gasteiger partial charge in [-0.25, -0.2) is 4.98 Å². The first-order valence-electron chi connectivity index (χ1n) is 9.76. The minimum atomic E-state index is -0.179. The van der Waals surface area contributed by atoms with Gasteiger partial charge in [0.25, 0.3) is 5.89 Å². The third-order valence-corrected chi connectivity index (χ3v) is 4.57. The number of amides is 1. The summed E-state index contributed by atoms with van der Waals surface area (Å²) >= 11 is 0. The standard InChI is InChI=1S/C22H22N6O3/c1-14-8-7-11-17(23-14)24-18(29)12-28(3)13-19-25-26-22(30-19)20-15(2)31-27-21(20)16-9-5-4-6-10-16/h4-11H,12-13H2,1-3H3,(H,23,24,29). The zero-order valence-electron chi connectivity index (χ0n) is 17.5. The zero-order valence-corrected chi connectivity index (χ0v) is 17.5. The van der Waals surface area contributed by atoms with E-state index in [4.69, 9.17) is 8.94 Å². The van der Waals surface area contributed by atoms with Crippen molar-refractivity contribution in [2.45, 2.75) is 20.4 Å².